The van der Waals surface area contributed by atoms with Crippen LogP contribution in [0.25, 0.3) is 0 Å². The predicted molar refractivity (Wildman–Crippen MR) is 67.2 cm³/mol. The first-order chi connectivity index (χ1) is 8.36. The fraction of sp³-hybridized carbons (Fsp3) is 0.600. The zero-order valence-corrected chi connectivity index (χ0v) is 11.7. The lowest BCUT2D eigenvalue weighted by atomic mass is 10.0. The average molecular weight is 290 g/mol. The van der Waals surface area contributed by atoms with Gasteiger partial charge in [0.05, 0.1) is 0 Å². The Morgan fingerprint density at radius 3 is 1.37 bits per heavy atom. The quantitative estimate of drug-likeness (QED) is 0.568. The first-order valence-electron chi connectivity index (χ1n) is 5.33. The highest BCUT2D eigenvalue weighted by atomic mass is 32.2. The van der Waals surface area contributed by atoms with Crippen molar-refractivity contribution in [1.29, 1.82) is 0 Å². The third-order valence-electron chi connectivity index (χ3n) is 3.08. The van der Waals surface area contributed by atoms with Gasteiger partial charge in [0.2, 0.25) is 9.84 Å². The number of nitro groups is 2. The van der Waals surface area contributed by atoms with E-state index in [4.69, 9.17) is 0 Å². The Balaban J connectivity index is 3.35. The van der Waals surface area contributed by atoms with Crippen LogP contribution in [0.2, 0.25) is 0 Å². The molecule has 0 aromatic heterocycles. The van der Waals surface area contributed by atoms with Crippen molar-refractivity contribution in [2.45, 2.75) is 38.8 Å². The Bertz CT molecular complexity index is 564. The lowest BCUT2D eigenvalue weighted by molar-refractivity contribution is -0.547. The minimum atomic E-state index is -4.19. The number of allylic oxidation sites excluding steroid dienone is 2. The van der Waals surface area contributed by atoms with Gasteiger partial charge in [-0.15, -0.1) is 0 Å². The summed E-state index contributed by atoms with van der Waals surface area (Å²) in [6.45, 7) is 4.58. The van der Waals surface area contributed by atoms with Gasteiger partial charge in [0, 0.05) is 37.5 Å². The number of hydrogen-bond donors (Lipinski definition) is 0. The summed E-state index contributed by atoms with van der Waals surface area (Å²) in [5.74, 6) is 0. The van der Waals surface area contributed by atoms with Gasteiger partial charge >= 0.3 is 0 Å². The van der Waals surface area contributed by atoms with Gasteiger partial charge in [-0.2, -0.15) is 0 Å². The molecule has 9 heteroatoms. The predicted octanol–water partition coefficient (Wildman–Crippen LogP) is 1.29. The van der Waals surface area contributed by atoms with Crippen molar-refractivity contribution in [3.63, 3.8) is 0 Å². The van der Waals surface area contributed by atoms with Crippen LogP contribution < -0.4 is 0 Å². The Morgan fingerprint density at radius 2 is 1.16 bits per heavy atom. The molecule has 1 heterocycles. The normalized spacial score (nSPS) is 18.7. The lowest BCUT2D eigenvalue weighted by Crippen LogP contribution is -2.40. The van der Waals surface area contributed by atoms with Gasteiger partial charge in [-0.05, 0) is 12.2 Å². The van der Waals surface area contributed by atoms with Crippen molar-refractivity contribution in [2.24, 2.45) is 0 Å². The topological polar surface area (TPSA) is 120 Å². The molecule has 0 fully saturated rings. The van der Waals surface area contributed by atoms with E-state index in [1.807, 2.05) is 0 Å². The number of hydrogen-bond acceptors (Lipinski definition) is 6. The van der Waals surface area contributed by atoms with Gasteiger partial charge in [0.25, 0.3) is 11.1 Å². The summed E-state index contributed by atoms with van der Waals surface area (Å²) in [5.41, 5.74) is -3.66. The summed E-state index contributed by atoms with van der Waals surface area (Å²) < 4.78 is 24.5. The molecule has 0 unspecified atom stereocenters. The van der Waals surface area contributed by atoms with Gasteiger partial charge < -0.3 is 0 Å². The molecular weight excluding hydrogens is 276 g/mol. The van der Waals surface area contributed by atoms with Gasteiger partial charge in [0.15, 0.2) is 0 Å². The summed E-state index contributed by atoms with van der Waals surface area (Å²) in [7, 11) is -4.19. The summed E-state index contributed by atoms with van der Waals surface area (Å²) >= 11 is 0. The molecule has 1 aliphatic heterocycles. The van der Waals surface area contributed by atoms with E-state index in [-0.39, 0.29) is 0 Å². The van der Waals surface area contributed by atoms with E-state index < -0.39 is 40.6 Å². The molecule has 1 rings (SSSR count). The summed E-state index contributed by atoms with van der Waals surface area (Å²) in [6, 6.07) is 0. The van der Waals surface area contributed by atoms with E-state index in [0.717, 1.165) is 39.8 Å². The molecule has 19 heavy (non-hydrogen) atoms. The molecule has 0 bridgehead atoms. The molecule has 1 aliphatic rings. The Labute approximate surface area is 110 Å². The first-order valence-corrected chi connectivity index (χ1v) is 6.81. The monoisotopic (exact) mass is 290 g/mol. The van der Waals surface area contributed by atoms with Crippen molar-refractivity contribution in [3.05, 3.63) is 42.2 Å². The van der Waals surface area contributed by atoms with E-state index in [1.165, 1.54) is 0 Å². The molecule has 0 radical (unpaired) electrons. The first kappa shape index (κ1) is 15.3. The van der Waals surface area contributed by atoms with Crippen molar-refractivity contribution in [3.8, 4) is 0 Å². The zero-order chi connectivity index (χ0) is 15.2. The highest BCUT2D eigenvalue weighted by molar-refractivity contribution is 7.99. The lowest BCUT2D eigenvalue weighted by Gasteiger charge is -2.21. The molecule has 0 amide bonds. The van der Waals surface area contributed by atoms with Gasteiger partial charge in [0.1, 0.15) is 9.81 Å². The summed E-state index contributed by atoms with van der Waals surface area (Å²) in [5, 5.41) is 21.9. The SMILES string of the molecule is CC(C)(C1=CC=C(C(C)(C)[N+](=O)[O-])S1(=O)=O)[N+](=O)[O-]. The molecule has 0 saturated carbocycles. The van der Waals surface area contributed by atoms with Crippen LogP contribution in [0.1, 0.15) is 27.7 Å². The number of rotatable bonds is 4. The third kappa shape index (κ3) is 2.14. The molecule has 0 atom stereocenters. The van der Waals surface area contributed by atoms with Crippen molar-refractivity contribution in [1.82, 2.24) is 0 Å². The molecule has 0 aliphatic carbocycles. The molecular formula is C10H14N2O6S. The van der Waals surface area contributed by atoms with Crippen LogP contribution in [-0.4, -0.2) is 29.3 Å². The Morgan fingerprint density at radius 1 is 0.895 bits per heavy atom. The van der Waals surface area contributed by atoms with Crippen LogP contribution in [0.3, 0.4) is 0 Å². The zero-order valence-electron chi connectivity index (χ0n) is 10.9. The van der Waals surface area contributed by atoms with Crippen LogP contribution in [0, 0.1) is 20.2 Å². The van der Waals surface area contributed by atoms with Gasteiger partial charge in [-0.1, -0.05) is 0 Å². The summed E-state index contributed by atoms with van der Waals surface area (Å²) in [4.78, 5) is 19.5. The van der Waals surface area contributed by atoms with Gasteiger partial charge in [-0.3, -0.25) is 20.2 Å². The summed E-state index contributed by atoms with van der Waals surface area (Å²) in [6.07, 6.45) is 2.14. The fourth-order valence-electron chi connectivity index (χ4n) is 1.69. The maximum Gasteiger partial charge on any atom is 0.252 e. The minimum Gasteiger partial charge on any atom is -0.264 e. The standard InChI is InChI=1S/C10H14N2O6S/c1-9(2,11(13)14)7-5-6-8(19(7,17)18)10(3,4)12(15)16/h5-6H,1-4H3. The second-order valence-corrected chi connectivity index (χ2v) is 7.08. The highest BCUT2D eigenvalue weighted by Gasteiger charge is 2.53. The van der Waals surface area contributed by atoms with E-state index in [1.54, 1.807) is 0 Å². The minimum absolute atomic E-state index is 0.435. The van der Waals surface area contributed by atoms with Crippen molar-refractivity contribution >= 4 is 9.84 Å². The average Bonchev–Trinajstić information content (AvgIpc) is 2.53. The van der Waals surface area contributed by atoms with Gasteiger partial charge in [-0.25, -0.2) is 8.42 Å². The van der Waals surface area contributed by atoms with Crippen LogP contribution in [0.15, 0.2) is 22.0 Å². The van der Waals surface area contributed by atoms with Crippen LogP contribution in [0.4, 0.5) is 0 Å². The number of nitrogens with zero attached hydrogens (tertiary/aromatic N) is 2. The third-order valence-corrected chi connectivity index (χ3v) is 5.51. The highest BCUT2D eigenvalue weighted by Crippen LogP contribution is 2.39. The Hall–Kier alpha value is -1.77. The maximum atomic E-state index is 12.2. The Kier molecular flexibility index (Phi) is 3.31. The smallest absolute Gasteiger partial charge is 0.252 e. The fourth-order valence-corrected chi connectivity index (χ4v) is 3.89. The molecule has 0 spiro atoms. The second-order valence-electron chi connectivity index (χ2n) is 5.20. The molecule has 0 aromatic carbocycles. The number of sulfone groups is 1. The van der Waals surface area contributed by atoms with E-state index in [0.29, 0.717) is 0 Å². The molecule has 8 nitrogen and oxygen atoms in total. The van der Waals surface area contributed by atoms with Crippen molar-refractivity contribution in [2.75, 3.05) is 0 Å². The molecule has 0 N–H and O–H groups in total. The molecule has 0 aromatic rings. The van der Waals surface area contributed by atoms with E-state index >= 15 is 0 Å². The van der Waals surface area contributed by atoms with Crippen molar-refractivity contribution < 1.29 is 18.3 Å². The molecule has 0 saturated heterocycles. The van der Waals surface area contributed by atoms with E-state index in [2.05, 4.69) is 0 Å². The van der Waals surface area contributed by atoms with Crippen LogP contribution in [0.5, 0.6) is 0 Å². The van der Waals surface area contributed by atoms with Crippen LogP contribution >= 0.6 is 0 Å². The van der Waals surface area contributed by atoms with Crippen LogP contribution in [-0.2, 0) is 9.84 Å². The second kappa shape index (κ2) is 4.12. The van der Waals surface area contributed by atoms with E-state index in [9.17, 15) is 28.6 Å². The maximum absolute atomic E-state index is 12.2. The largest absolute Gasteiger partial charge is 0.264 e. The molecule has 106 valence electrons.